The molecule has 0 unspecified atom stereocenters. The predicted octanol–water partition coefficient (Wildman–Crippen LogP) is 0.433. The summed E-state index contributed by atoms with van der Waals surface area (Å²) in [4.78, 5) is 4.82. The number of hydrogen-bond acceptors (Lipinski definition) is 3. The van der Waals surface area contributed by atoms with E-state index in [1.165, 1.54) is 11.1 Å². The summed E-state index contributed by atoms with van der Waals surface area (Å²) >= 11 is 0. The van der Waals surface area contributed by atoms with Gasteiger partial charge in [-0.1, -0.05) is 6.07 Å². The van der Waals surface area contributed by atoms with E-state index >= 15 is 0 Å². The van der Waals surface area contributed by atoms with Crippen LogP contribution in [0.4, 0.5) is 0 Å². The molecule has 2 heterocycles. The number of pyridine rings is 1. The van der Waals surface area contributed by atoms with Crippen molar-refractivity contribution in [3.05, 3.63) is 30.1 Å². The number of halogens is 1. The molecular formula is C17H30IN4P. The van der Waals surface area contributed by atoms with Crippen LogP contribution in [0.15, 0.2) is 24.4 Å². The zero-order valence-corrected chi connectivity index (χ0v) is 18.3. The smallest absolute Gasteiger partial charge is 0.226 e. The Hall–Kier alpha value is -0.230. The van der Waals surface area contributed by atoms with Crippen LogP contribution in [-0.2, 0) is 0 Å². The maximum Gasteiger partial charge on any atom is 0.226 e. The normalized spacial score (nSPS) is 12.2. The molecule has 0 N–H and O–H groups in total. The number of aromatic nitrogens is 2. The van der Waals surface area contributed by atoms with E-state index in [2.05, 4.69) is 79.4 Å². The maximum absolute atomic E-state index is 4.82. The molecule has 0 bridgehead atoms. The molecule has 6 heteroatoms. The zero-order valence-electron chi connectivity index (χ0n) is 15.3. The Kier molecular flexibility index (Phi) is 7.91. The van der Waals surface area contributed by atoms with Gasteiger partial charge in [0.1, 0.15) is 11.3 Å². The van der Waals surface area contributed by atoms with E-state index in [0.717, 1.165) is 31.8 Å². The summed E-state index contributed by atoms with van der Waals surface area (Å²) in [5, 5.41) is 0. The summed E-state index contributed by atoms with van der Waals surface area (Å²) < 4.78 is 7.59. The molecule has 0 spiro atoms. The van der Waals surface area contributed by atoms with Gasteiger partial charge in [-0.2, -0.15) is 9.34 Å². The molecule has 0 aliphatic heterocycles. The van der Waals surface area contributed by atoms with Crippen LogP contribution in [0.2, 0.25) is 0 Å². The standard InChI is InChI=1S/C17H30N4P.HI/c1-7-19(8-2)22(6,20(9-3)10-4)17-15(5)18-16-13-11-12-14-21(16)17;/h11-14H,7-10H2,1-6H3;1H/q+1;/p-1. The number of rotatable bonds is 7. The van der Waals surface area contributed by atoms with Gasteiger partial charge >= 0.3 is 0 Å². The van der Waals surface area contributed by atoms with Crippen molar-refractivity contribution in [2.45, 2.75) is 34.6 Å². The molecule has 2 aromatic rings. The van der Waals surface area contributed by atoms with Gasteiger partial charge in [0.2, 0.25) is 13.0 Å². The van der Waals surface area contributed by atoms with Crippen molar-refractivity contribution in [2.24, 2.45) is 0 Å². The van der Waals surface area contributed by atoms with Crippen molar-refractivity contribution >= 4 is 18.6 Å². The Morgan fingerprint density at radius 1 is 1.00 bits per heavy atom. The van der Waals surface area contributed by atoms with E-state index in [1.807, 2.05) is 0 Å². The van der Waals surface area contributed by atoms with Crippen LogP contribution in [0.1, 0.15) is 33.4 Å². The van der Waals surface area contributed by atoms with Crippen molar-refractivity contribution in [1.29, 1.82) is 0 Å². The molecule has 2 aromatic heterocycles. The summed E-state index contributed by atoms with van der Waals surface area (Å²) in [6, 6.07) is 6.27. The highest BCUT2D eigenvalue weighted by Gasteiger charge is 2.49. The van der Waals surface area contributed by atoms with E-state index in [0.29, 0.717) is 0 Å². The molecule has 130 valence electrons. The average molecular weight is 448 g/mol. The van der Waals surface area contributed by atoms with Gasteiger partial charge in [0, 0.05) is 32.4 Å². The number of fused-ring (bicyclic) bond motifs is 1. The van der Waals surface area contributed by atoms with Crippen LogP contribution in [-0.4, -0.2) is 51.6 Å². The number of hydrogen-bond donors (Lipinski definition) is 0. The largest absolute Gasteiger partial charge is 1.00 e. The zero-order chi connectivity index (χ0) is 16.3. The molecule has 0 amide bonds. The van der Waals surface area contributed by atoms with Crippen molar-refractivity contribution in [2.75, 3.05) is 32.8 Å². The second-order valence-corrected chi connectivity index (χ2v) is 9.02. The van der Waals surface area contributed by atoms with Gasteiger partial charge < -0.3 is 24.0 Å². The third kappa shape index (κ3) is 3.58. The van der Waals surface area contributed by atoms with Crippen LogP contribution in [0.25, 0.3) is 5.65 Å². The van der Waals surface area contributed by atoms with Gasteiger partial charge in [-0.3, -0.25) is 4.40 Å². The fraction of sp³-hybridized carbons (Fsp3) is 0.588. The first-order chi connectivity index (χ1) is 10.5. The summed E-state index contributed by atoms with van der Waals surface area (Å²) in [5.41, 5.74) is 3.62. The molecule has 0 saturated carbocycles. The lowest BCUT2D eigenvalue weighted by atomic mass is 10.5. The summed E-state index contributed by atoms with van der Waals surface area (Å²) in [6.45, 7) is 18.0. The highest BCUT2D eigenvalue weighted by atomic mass is 127. The molecule has 0 aliphatic carbocycles. The molecule has 0 fully saturated rings. The van der Waals surface area contributed by atoms with Crippen molar-refractivity contribution in [1.82, 2.24) is 18.7 Å². The van der Waals surface area contributed by atoms with Crippen LogP contribution in [0.3, 0.4) is 0 Å². The van der Waals surface area contributed by atoms with E-state index in [9.17, 15) is 0 Å². The molecule has 0 atom stereocenters. The lowest BCUT2D eigenvalue weighted by Gasteiger charge is -2.38. The monoisotopic (exact) mass is 448 g/mol. The lowest BCUT2D eigenvalue weighted by Crippen LogP contribution is -3.00. The minimum Gasteiger partial charge on any atom is -1.00 e. The number of imidazole rings is 1. The van der Waals surface area contributed by atoms with Crippen molar-refractivity contribution in [3.8, 4) is 0 Å². The third-order valence-electron chi connectivity index (χ3n) is 4.64. The van der Waals surface area contributed by atoms with Gasteiger partial charge in [-0.15, -0.1) is 0 Å². The van der Waals surface area contributed by atoms with E-state index < -0.39 is 7.56 Å². The van der Waals surface area contributed by atoms with Crippen LogP contribution >= 0.6 is 7.56 Å². The molecule has 4 nitrogen and oxygen atoms in total. The average Bonchev–Trinajstić information content (AvgIpc) is 2.85. The molecule has 0 radical (unpaired) electrons. The van der Waals surface area contributed by atoms with Gasteiger partial charge in [0.15, 0.2) is 0 Å². The second kappa shape index (κ2) is 8.75. The Bertz CT molecular complexity index is 608. The topological polar surface area (TPSA) is 23.8 Å². The quantitative estimate of drug-likeness (QED) is 0.454. The summed E-state index contributed by atoms with van der Waals surface area (Å²) in [6.07, 6.45) is 2.16. The van der Waals surface area contributed by atoms with Crippen LogP contribution in [0.5, 0.6) is 0 Å². The molecular weight excluding hydrogens is 418 g/mol. The fourth-order valence-corrected chi connectivity index (χ4v) is 7.94. The lowest BCUT2D eigenvalue weighted by molar-refractivity contribution is -0.00000529. The van der Waals surface area contributed by atoms with Gasteiger partial charge in [0.25, 0.3) is 0 Å². The highest BCUT2D eigenvalue weighted by Crippen LogP contribution is 2.60. The first-order valence-corrected chi connectivity index (χ1v) is 10.5. The Labute approximate surface area is 158 Å². The highest BCUT2D eigenvalue weighted by molar-refractivity contribution is 7.77. The minimum absolute atomic E-state index is 0. The maximum atomic E-state index is 4.82. The van der Waals surface area contributed by atoms with Crippen molar-refractivity contribution in [3.63, 3.8) is 0 Å². The van der Waals surface area contributed by atoms with Crippen LogP contribution in [0, 0.1) is 6.92 Å². The number of nitrogens with zero attached hydrogens (tertiary/aromatic N) is 4. The fourth-order valence-electron chi connectivity index (χ4n) is 3.61. The Balaban J connectivity index is 0.00000264. The molecule has 0 aliphatic rings. The number of aryl methyl sites for hydroxylation is 1. The molecule has 23 heavy (non-hydrogen) atoms. The summed E-state index contributed by atoms with van der Waals surface area (Å²) in [7, 11) is -1.61. The van der Waals surface area contributed by atoms with Gasteiger partial charge in [0.05, 0.1) is 6.66 Å². The predicted molar refractivity (Wildman–Crippen MR) is 98.2 cm³/mol. The SMILES string of the molecule is CCN(CC)[P+](C)(c1c(C)nc2ccccn12)N(CC)CC.[I-]. The molecule has 2 rings (SSSR count). The van der Waals surface area contributed by atoms with Crippen LogP contribution < -0.4 is 29.4 Å². The first kappa shape index (κ1) is 20.8. The first-order valence-electron chi connectivity index (χ1n) is 8.36. The molecule has 0 saturated heterocycles. The third-order valence-corrected chi connectivity index (χ3v) is 9.31. The van der Waals surface area contributed by atoms with E-state index in [4.69, 9.17) is 4.98 Å². The van der Waals surface area contributed by atoms with Crippen molar-refractivity contribution < 1.29 is 24.0 Å². The Morgan fingerprint density at radius 3 is 2.00 bits per heavy atom. The van der Waals surface area contributed by atoms with Gasteiger partial charge in [-0.25, -0.2) is 4.98 Å². The minimum atomic E-state index is -1.61. The summed E-state index contributed by atoms with van der Waals surface area (Å²) in [5.74, 6) is 0. The van der Waals surface area contributed by atoms with E-state index in [1.54, 1.807) is 0 Å². The van der Waals surface area contributed by atoms with Gasteiger partial charge in [-0.05, 0) is 46.8 Å². The second-order valence-electron chi connectivity index (χ2n) is 5.64. The Morgan fingerprint density at radius 2 is 1.52 bits per heavy atom. The molecule has 0 aromatic carbocycles. The van der Waals surface area contributed by atoms with E-state index in [-0.39, 0.29) is 24.0 Å².